The quantitative estimate of drug-likeness (QED) is 0.584. The second-order valence-corrected chi connectivity index (χ2v) is 9.34. The van der Waals surface area contributed by atoms with Crippen molar-refractivity contribution in [3.63, 3.8) is 0 Å². The maximum absolute atomic E-state index is 12.9. The van der Waals surface area contributed by atoms with Gasteiger partial charge in [-0.2, -0.15) is 0 Å². The maximum atomic E-state index is 12.9. The van der Waals surface area contributed by atoms with Crippen molar-refractivity contribution >= 4 is 33.4 Å². The van der Waals surface area contributed by atoms with Crippen molar-refractivity contribution in [2.75, 3.05) is 11.9 Å². The number of para-hydroxylation sites is 1. The first-order chi connectivity index (χ1) is 15.8. The highest BCUT2D eigenvalue weighted by molar-refractivity contribution is 7.90. The van der Waals surface area contributed by atoms with Crippen LogP contribution in [0.4, 0.5) is 5.69 Å². The minimum absolute atomic E-state index is 0.0278. The molecule has 0 fully saturated rings. The Hall–Kier alpha value is -3.98. The van der Waals surface area contributed by atoms with E-state index in [1.165, 1.54) is 24.3 Å². The smallest absolute Gasteiger partial charge is 0.269 e. The lowest BCUT2D eigenvalue weighted by atomic mass is 10.1. The van der Waals surface area contributed by atoms with Crippen LogP contribution < -0.4 is 10.6 Å². The van der Waals surface area contributed by atoms with E-state index in [-0.39, 0.29) is 27.8 Å². The Morgan fingerprint density at radius 2 is 1.55 bits per heavy atom. The Morgan fingerprint density at radius 3 is 2.27 bits per heavy atom. The Morgan fingerprint density at radius 1 is 0.909 bits per heavy atom. The van der Waals surface area contributed by atoms with Crippen molar-refractivity contribution in [1.82, 2.24) is 9.62 Å². The predicted molar refractivity (Wildman–Crippen MR) is 122 cm³/mol. The number of amides is 3. The van der Waals surface area contributed by atoms with E-state index in [0.717, 1.165) is 5.56 Å². The van der Waals surface area contributed by atoms with Gasteiger partial charge in [0.05, 0.1) is 22.9 Å². The zero-order valence-electron chi connectivity index (χ0n) is 17.7. The van der Waals surface area contributed by atoms with Crippen LogP contribution in [-0.4, -0.2) is 37.0 Å². The van der Waals surface area contributed by atoms with Gasteiger partial charge in [-0.25, -0.2) is 12.7 Å². The number of nitrogens with zero attached hydrogens (tertiary/aromatic N) is 1. The molecule has 0 spiro atoms. The number of fused-ring (bicyclic) bond motifs is 1. The van der Waals surface area contributed by atoms with Crippen LogP contribution in [0.15, 0.2) is 83.8 Å². The highest BCUT2D eigenvalue weighted by Crippen LogP contribution is 2.29. The number of hydrogen-bond donors (Lipinski definition) is 2. The van der Waals surface area contributed by atoms with E-state index in [1.54, 1.807) is 24.3 Å². The first-order valence-corrected chi connectivity index (χ1v) is 11.6. The van der Waals surface area contributed by atoms with Gasteiger partial charge in [0.25, 0.3) is 21.8 Å². The molecule has 1 aliphatic rings. The first-order valence-electron chi connectivity index (χ1n) is 10.2. The molecule has 1 atom stereocenters. The van der Waals surface area contributed by atoms with Gasteiger partial charge in [0.2, 0.25) is 5.91 Å². The fourth-order valence-electron chi connectivity index (χ4n) is 3.60. The van der Waals surface area contributed by atoms with E-state index < -0.39 is 34.3 Å². The SMILES string of the molecule is CC(NC(=O)c1ccccc1NC(=O)CN1C(=O)c2ccccc2S1(=O)=O)c1ccccc1. The molecule has 33 heavy (non-hydrogen) atoms. The molecule has 9 heteroatoms. The van der Waals surface area contributed by atoms with E-state index in [0.29, 0.717) is 4.31 Å². The van der Waals surface area contributed by atoms with Gasteiger partial charge in [-0.05, 0) is 36.8 Å². The third-order valence-electron chi connectivity index (χ3n) is 5.29. The molecule has 8 nitrogen and oxygen atoms in total. The minimum Gasteiger partial charge on any atom is -0.345 e. The molecular formula is C24H21N3O5S. The lowest BCUT2D eigenvalue weighted by Crippen LogP contribution is -2.37. The largest absolute Gasteiger partial charge is 0.345 e. The standard InChI is InChI=1S/C24H21N3O5S/c1-16(17-9-3-2-4-10-17)25-23(29)18-11-5-7-13-20(18)26-22(28)15-27-24(30)19-12-6-8-14-21(19)33(27,31)32/h2-14,16H,15H2,1H3,(H,25,29)(H,26,28). The van der Waals surface area contributed by atoms with Crippen molar-refractivity contribution in [3.8, 4) is 0 Å². The van der Waals surface area contributed by atoms with Gasteiger partial charge in [0, 0.05) is 0 Å². The van der Waals surface area contributed by atoms with E-state index in [1.807, 2.05) is 37.3 Å². The summed E-state index contributed by atoms with van der Waals surface area (Å²) in [6, 6.07) is 21.3. The molecule has 0 radical (unpaired) electrons. The Bertz CT molecular complexity index is 1340. The number of sulfonamides is 1. The zero-order valence-corrected chi connectivity index (χ0v) is 18.5. The van der Waals surface area contributed by atoms with E-state index >= 15 is 0 Å². The van der Waals surface area contributed by atoms with Crippen molar-refractivity contribution in [2.45, 2.75) is 17.9 Å². The molecule has 0 bridgehead atoms. The van der Waals surface area contributed by atoms with Crippen molar-refractivity contribution in [3.05, 3.63) is 95.6 Å². The van der Waals surface area contributed by atoms with Gasteiger partial charge in [0.1, 0.15) is 11.4 Å². The predicted octanol–water partition coefficient (Wildman–Crippen LogP) is 2.96. The van der Waals surface area contributed by atoms with Gasteiger partial charge in [-0.3, -0.25) is 14.4 Å². The summed E-state index contributed by atoms with van der Waals surface area (Å²) in [5.41, 5.74) is 1.37. The second-order valence-electron chi connectivity index (χ2n) is 7.51. The topological polar surface area (TPSA) is 113 Å². The van der Waals surface area contributed by atoms with Crippen molar-refractivity contribution in [1.29, 1.82) is 0 Å². The highest BCUT2D eigenvalue weighted by atomic mass is 32.2. The molecule has 1 unspecified atom stereocenters. The average Bonchev–Trinajstić information content (AvgIpc) is 3.00. The molecule has 3 aromatic rings. The number of rotatable bonds is 6. The molecule has 3 aromatic carbocycles. The fourth-order valence-corrected chi connectivity index (χ4v) is 5.12. The molecule has 3 amide bonds. The summed E-state index contributed by atoms with van der Waals surface area (Å²) in [4.78, 5) is 37.9. The number of nitrogens with one attached hydrogen (secondary N) is 2. The van der Waals surface area contributed by atoms with Crippen LogP contribution in [0.25, 0.3) is 0 Å². The third-order valence-corrected chi connectivity index (χ3v) is 7.08. The zero-order chi connectivity index (χ0) is 23.6. The first kappa shape index (κ1) is 22.2. The summed E-state index contributed by atoms with van der Waals surface area (Å²) in [6.07, 6.45) is 0. The summed E-state index contributed by atoms with van der Waals surface area (Å²) >= 11 is 0. The number of carbonyl (C=O) groups excluding carboxylic acids is 3. The van der Waals surface area contributed by atoms with Gasteiger partial charge >= 0.3 is 0 Å². The van der Waals surface area contributed by atoms with Crippen LogP contribution in [-0.2, 0) is 14.8 Å². The highest BCUT2D eigenvalue weighted by Gasteiger charge is 2.41. The van der Waals surface area contributed by atoms with Gasteiger partial charge in [-0.15, -0.1) is 0 Å². The van der Waals surface area contributed by atoms with Gasteiger partial charge in [-0.1, -0.05) is 54.6 Å². The lowest BCUT2D eigenvalue weighted by Gasteiger charge is -2.18. The molecule has 168 valence electrons. The molecule has 4 rings (SSSR count). The molecule has 0 aliphatic carbocycles. The lowest BCUT2D eigenvalue weighted by molar-refractivity contribution is -0.116. The van der Waals surface area contributed by atoms with Crippen LogP contribution >= 0.6 is 0 Å². The summed E-state index contributed by atoms with van der Waals surface area (Å²) in [6.45, 7) is 1.14. The molecule has 1 aliphatic heterocycles. The second kappa shape index (κ2) is 8.87. The Balaban J connectivity index is 1.49. The van der Waals surface area contributed by atoms with E-state index in [9.17, 15) is 22.8 Å². The van der Waals surface area contributed by atoms with E-state index in [4.69, 9.17) is 0 Å². The number of carbonyl (C=O) groups is 3. The van der Waals surface area contributed by atoms with Crippen LogP contribution in [0.5, 0.6) is 0 Å². The normalized spacial score (nSPS) is 14.9. The number of anilines is 1. The van der Waals surface area contributed by atoms with Crippen LogP contribution in [0.3, 0.4) is 0 Å². The van der Waals surface area contributed by atoms with Crippen LogP contribution in [0.2, 0.25) is 0 Å². The third kappa shape index (κ3) is 4.35. The molecule has 0 aromatic heterocycles. The number of benzene rings is 3. The molecule has 0 saturated heterocycles. The van der Waals surface area contributed by atoms with Gasteiger partial charge < -0.3 is 10.6 Å². The van der Waals surface area contributed by atoms with E-state index in [2.05, 4.69) is 10.6 Å². The molecular weight excluding hydrogens is 442 g/mol. The van der Waals surface area contributed by atoms with Crippen molar-refractivity contribution < 1.29 is 22.8 Å². The Labute approximate surface area is 191 Å². The molecule has 1 heterocycles. The summed E-state index contributed by atoms with van der Waals surface area (Å²) in [7, 11) is -4.11. The summed E-state index contributed by atoms with van der Waals surface area (Å²) < 4.78 is 25.9. The summed E-state index contributed by atoms with van der Waals surface area (Å²) in [5.74, 6) is -1.90. The Kier molecular flexibility index (Phi) is 5.97. The average molecular weight is 464 g/mol. The number of hydrogen-bond acceptors (Lipinski definition) is 5. The van der Waals surface area contributed by atoms with Crippen LogP contribution in [0, 0.1) is 0 Å². The van der Waals surface area contributed by atoms with Gasteiger partial charge in [0.15, 0.2) is 0 Å². The monoisotopic (exact) mass is 463 g/mol. The minimum atomic E-state index is -4.11. The fraction of sp³-hybridized carbons (Fsp3) is 0.125. The molecule has 2 N–H and O–H groups in total. The molecule has 0 saturated carbocycles. The maximum Gasteiger partial charge on any atom is 0.269 e. The van der Waals surface area contributed by atoms with Crippen LogP contribution in [0.1, 0.15) is 39.2 Å². The summed E-state index contributed by atoms with van der Waals surface area (Å²) in [5, 5.41) is 5.44. The van der Waals surface area contributed by atoms with Crippen molar-refractivity contribution in [2.24, 2.45) is 0 Å².